The lowest BCUT2D eigenvalue weighted by Gasteiger charge is -2.62. The molecule has 2 saturated carbocycles. The van der Waals surface area contributed by atoms with Gasteiger partial charge >= 0.3 is 0 Å². The number of nitrogens with zero attached hydrogens (tertiary/aromatic N) is 1. The van der Waals surface area contributed by atoms with Crippen LogP contribution in [0.5, 0.6) is 11.5 Å². The molecule has 144 valence electrons. The van der Waals surface area contributed by atoms with Crippen LogP contribution in [0.25, 0.3) is 0 Å². The molecule has 3 fully saturated rings. The van der Waals surface area contributed by atoms with Crippen molar-refractivity contribution in [2.75, 3.05) is 19.8 Å². The van der Waals surface area contributed by atoms with E-state index >= 15 is 0 Å². The predicted molar refractivity (Wildman–Crippen MR) is 97.8 cm³/mol. The van der Waals surface area contributed by atoms with E-state index in [1.165, 1.54) is 18.4 Å². The SMILES string of the molecule is NCOc1ccc2c3c1OC1C(=O)CC[C@@]4(O)[C@@H](C2)N(CC2CC2)CC[C@]314. The molecule has 5 aliphatic rings. The Morgan fingerprint density at radius 2 is 2.19 bits per heavy atom. The number of likely N-dealkylation sites (tertiary alicyclic amines) is 1. The van der Waals surface area contributed by atoms with E-state index in [4.69, 9.17) is 15.2 Å². The van der Waals surface area contributed by atoms with Gasteiger partial charge in [-0.1, -0.05) is 6.07 Å². The van der Waals surface area contributed by atoms with Gasteiger partial charge in [-0.15, -0.1) is 0 Å². The molecular formula is C21H26N2O4. The number of Topliss-reactive ketones (excluding diaryl/α,β-unsaturated/α-hetero) is 1. The van der Waals surface area contributed by atoms with Crippen LogP contribution >= 0.6 is 0 Å². The Morgan fingerprint density at radius 1 is 1.33 bits per heavy atom. The molecule has 6 heteroatoms. The van der Waals surface area contributed by atoms with Crippen molar-refractivity contribution in [1.29, 1.82) is 0 Å². The molecular weight excluding hydrogens is 344 g/mol. The van der Waals surface area contributed by atoms with Crippen molar-refractivity contribution in [2.24, 2.45) is 11.7 Å². The standard InChI is InChI=1S/C21H26N2O4/c22-11-26-15-4-3-13-9-16-21(25)6-5-14(24)19-20(21,17(13)18(15)27-19)7-8-23(16)10-12-1-2-12/h3-4,12,16,19,25H,1-2,5-11,22H2/t16-,19?,20+,21-/m1/s1. The molecule has 3 N–H and O–H groups in total. The molecule has 0 aromatic heterocycles. The third kappa shape index (κ3) is 1.89. The van der Waals surface area contributed by atoms with Gasteiger partial charge in [0.25, 0.3) is 0 Å². The molecule has 4 atom stereocenters. The fourth-order valence-electron chi connectivity index (χ4n) is 6.46. The van der Waals surface area contributed by atoms with Crippen LogP contribution < -0.4 is 15.2 Å². The second-order valence-electron chi connectivity index (χ2n) is 9.01. The first-order chi connectivity index (χ1) is 13.1. The maximum absolute atomic E-state index is 12.9. The fourth-order valence-corrected chi connectivity index (χ4v) is 6.46. The van der Waals surface area contributed by atoms with Crippen LogP contribution in [-0.2, 0) is 16.6 Å². The Hall–Kier alpha value is -1.63. The van der Waals surface area contributed by atoms with Crippen LogP contribution in [0, 0.1) is 5.92 Å². The Bertz CT molecular complexity index is 838. The molecule has 2 bridgehead atoms. The van der Waals surface area contributed by atoms with Crippen molar-refractivity contribution < 1.29 is 19.4 Å². The highest BCUT2D eigenvalue weighted by molar-refractivity contribution is 5.90. The Balaban J connectivity index is 1.55. The zero-order chi connectivity index (χ0) is 18.4. The highest BCUT2D eigenvalue weighted by Crippen LogP contribution is 2.65. The summed E-state index contributed by atoms with van der Waals surface area (Å²) in [5.41, 5.74) is 6.27. The monoisotopic (exact) mass is 370 g/mol. The number of hydrogen-bond acceptors (Lipinski definition) is 6. The van der Waals surface area contributed by atoms with E-state index in [9.17, 15) is 9.90 Å². The van der Waals surface area contributed by atoms with Crippen molar-refractivity contribution >= 4 is 5.78 Å². The molecule has 2 aliphatic heterocycles. The van der Waals surface area contributed by atoms with Gasteiger partial charge in [-0.3, -0.25) is 15.4 Å². The Labute approximate surface area is 158 Å². The number of hydrogen-bond donors (Lipinski definition) is 2. The average molecular weight is 370 g/mol. The van der Waals surface area contributed by atoms with E-state index in [2.05, 4.69) is 11.0 Å². The molecule has 1 aromatic rings. The van der Waals surface area contributed by atoms with E-state index in [0.29, 0.717) is 24.3 Å². The lowest BCUT2D eigenvalue weighted by Crippen LogP contribution is -2.76. The summed E-state index contributed by atoms with van der Waals surface area (Å²) in [6.07, 6.45) is 4.48. The normalized spacial score (nSPS) is 39.1. The number of benzene rings is 1. The van der Waals surface area contributed by atoms with Crippen LogP contribution in [0.15, 0.2) is 12.1 Å². The summed E-state index contributed by atoms with van der Waals surface area (Å²) >= 11 is 0. The number of rotatable bonds is 4. The molecule has 3 aliphatic carbocycles. The van der Waals surface area contributed by atoms with Crippen molar-refractivity contribution in [3.8, 4) is 11.5 Å². The van der Waals surface area contributed by atoms with Gasteiger partial charge in [0, 0.05) is 24.6 Å². The second-order valence-corrected chi connectivity index (χ2v) is 9.01. The molecule has 27 heavy (non-hydrogen) atoms. The van der Waals surface area contributed by atoms with Gasteiger partial charge in [0.2, 0.25) is 0 Å². The number of ether oxygens (including phenoxy) is 2. The summed E-state index contributed by atoms with van der Waals surface area (Å²) in [6, 6.07) is 4.06. The third-order valence-electron chi connectivity index (χ3n) is 7.78. The van der Waals surface area contributed by atoms with Crippen molar-refractivity contribution in [3.63, 3.8) is 0 Å². The number of carbonyl (C=O) groups is 1. The minimum absolute atomic E-state index is 0.0584. The minimum Gasteiger partial charge on any atom is -0.477 e. The molecule has 0 amide bonds. The number of carbonyl (C=O) groups excluding carboxylic acids is 1. The first-order valence-corrected chi connectivity index (χ1v) is 10.2. The van der Waals surface area contributed by atoms with E-state index in [-0.39, 0.29) is 18.6 Å². The molecule has 6 rings (SSSR count). The summed E-state index contributed by atoms with van der Waals surface area (Å²) in [7, 11) is 0. The van der Waals surface area contributed by atoms with Crippen molar-refractivity contribution in [3.05, 3.63) is 23.3 Å². The summed E-state index contributed by atoms with van der Waals surface area (Å²) in [4.78, 5) is 15.4. The van der Waals surface area contributed by atoms with Gasteiger partial charge in [0.1, 0.15) is 6.73 Å². The smallest absolute Gasteiger partial charge is 0.174 e. The summed E-state index contributed by atoms with van der Waals surface area (Å²) < 4.78 is 11.9. The lowest BCUT2D eigenvalue weighted by atomic mass is 9.49. The Kier molecular flexibility index (Phi) is 3.17. The van der Waals surface area contributed by atoms with Gasteiger partial charge in [-0.2, -0.15) is 0 Å². The summed E-state index contributed by atoms with van der Waals surface area (Å²) in [5, 5.41) is 12.1. The molecule has 2 heterocycles. The van der Waals surface area contributed by atoms with E-state index < -0.39 is 17.1 Å². The lowest BCUT2D eigenvalue weighted by molar-refractivity contribution is -0.188. The van der Waals surface area contributed by atoms with Crippen molar-refractivity contribution in [1.82, 2.24) is 4.90 Å². The van der Waals surface area contributed by atoms with Crippen molar-refractivity contribution in [2.45, 2.75) is 61.7 Å². The van der Waals surface area contributed by atoms with Crippen LogP contribution in [-0.4, -0.2) is 53.4 Å². The fraction of sp³-hybridized carbons (Fsp3) is 0.667. The molecule has 1 spiro atoms. The topological polar surface area (TPSA) is 85.0 Å². The van der Waals surface area contributed by atoms with Gasteiger partial charge in [0.05, 0.1) is 11.0 Å². The van der Waals surface area contributed by atoms with E-state index in [1.54, 1.807) is 0 Å². The van der Waals surface area contributed by atoms with Gasteiger partial charge in [-0.05, 0) is 56.2 Å². The molecule has 1 unspecified atom stereocenters. The van der Waals surface area contributed by atoms with Gasteiger partial charge < -0.3 is 14.6 Å². The number of nitrogens with two attached hydrogens (primary N) is 1. The third-order valence-corrected chi connectivity index (χ3v) is 7.78. The number of ketones is 1. The highest BCUT2D eigenvalue weighted by atomic mass is 16.5. The average Bonchev–Trinajstić information content (AvgIpc) is 3.39. The second kappa shape index (κ2) is 5.25. The predicted octanol–water partition coefficient (Wildman–Crippen LogP) is 1.11. The first-order valence-electron chi connectivity index (χ1n) is 10.2. The first kappa shape index (κ1) is 16.3. The number of piperidine rings is 1. The minimum atomic E-state index is -0.918. The van der Waals surface area contributed by atoms with Gasteiger partial charge in [-0.25, -0.2) is 0 Å². The zero-order valence-corrected chi connectivity index (χ0v) is 15.4. The largest absolute Gasteiger partial charge is 0.477 e. The summed E-state index contributed by atoms with van der Waals surface area (Å²) in [6.45, 7) is 2.04. The van der Waals surface area contributed by atoms with Crippen LogP contribution in [0.1, 0.15) is 43.2 Å². The van der Waals surface area contributed by atoms with Gasteiger partial charge in [0.15, 0.2) is 23.4 Å². The molecule has 1 aromatic carbocycles. The van der Waals surface area contributed by atoms with E-state index in [0.717, 1.165) is 37.4 Å². The number of aliphatic hydroxyl groups is 1. The molecule has 0 radical (unpaired) electrons. The molecule has 1 saturated heterocycles. The Morgan fingerprint density at radius 3 is 2.96 bits per heavy atom. The quantitative estimate of drug-likeness (QED) is 0.773. The van der Waals surface area contributed by atoms with Crippen LogP contribution in [0.2, 0.25) is 0 Å². The van der Waals surface area contributed by atoms with Crippen LogP contribution in [0.3, 0.4) is 0 Å². The highest BCUT2D eigenvalue weighted by Gasteiger charge is 2.73. The van der Waals surface area contributed by atoms with Crippen LogP contribution in [0.4, 0.5) is 0 Å². The maximum atomic E-state index is 12.9. The summed E-state index contributed by atoms with van der Waals surface area (Å²) in [5.74, 6) is 2.12. The van der Waals surface area contributed by atoms with E-state index in [1.807, 2.05) is 6.07 Å². The zero-order valence-electron chi connectivity index (χ0n) is 15.4. The maximum Gasteiger partial charge on any atom is 0.174 e. The molecule has 6 nitrogen and oxygen atoms in total.